The molecule has 0 aromatic heterocycles. The number of nitrogens with zero attached hydrogens (tertiary/aromatic N) is 2. The number of amides is 1. The second-order valence-corrected chi connectivity index (χ2v) is 5.78. The van der Waals surface area contributed by atoms with Crippen molar-refractivity contribution >= 4 is 27.5 Å². The zero-order chi connectivity index (χ0) is 13.1. The molecular weight excluding hydrogens is 292 g/mol. The number of hydrogen-bond donors (Lipinski definition) is 0. The summed E-state index contributed by atoms with van der Waals surface area (Å²) in [5, 5.41) is 0.895. The normalized spacial score (nSPS) is 19.9. The zero-order valence-electron chi connectivity index (χ0n) is 10.9. The van der Waals surface area contributed by atoms with E-state index in [1.54, 1.807) is 0 Å². The van der Waals surface area contributed by atoms with Crippen molar-refractivity contribution < 1.29 is 4.79 Å². The van der Waals surface area contributed by atoms with Crippen LogP contribution < -0.4 is 4.90 Å². The monoisotopic (exact) mass is 310 g/mol. The molecule has 1 saturated heterocycles. The summed E-state index contributed by atoms with van der Waals surface area (Å²) in [5.41, 5.74) is 2.27. The van der Waals surface area contributed by atoms with Crippen molar-refractivity contribution in [3.8, 4) is 0 Å². The molecule has 1 aliphatic rings. The van der Waals surface area contributed by atoms with Crippen molar-refractivity contribution in [1.29, 1.82) is 0 Å². The molecule has 1 aromatic rings. The average Bonchev–Trinajstić information content (AvgIpc) is 2.70. The highest BCUT2D eigenvalue weighted by molar-refractivity contribution is 9.09. The second-order valence-electron chi connectivity index (χ2n) is 5.14. The minimum atomic E-state index is 0.237. The van der Waals surface area contributed by atoms with Gasteiger partial charge >= 0.3 is 0 Å². The zero-order valence-corrected chi connectivity index (χ0v) is 12.5. The molecule has 1 heterocycles. The molecule has 0 spiro atoms. The summed E-state index contributed by atoms with van der Waals surface area (Å²) in [5.74, 6) is 0.677. The SMILES string of the molecule is CN(C)Cc1cccc(N2CC(CBr)CC2=O)c1. The van der Waals surface area contributed by atoms with Crippen LogP contribution in [-0.4, -0.2) is 36.8 Å². The molecule has 98 valence electrons. The van der Waals surface area contributed by atoms with Gasteiger partial charge in [-0.2, -0.15) is 0 Å². The summed E-state index contributed by atoms with van der Waals surface area (Å²) in [6.45, 7) is 1.73. The Morgan fingerprint density at radius 2 is 2.22 bits per heavy atom. The predicted octanol–water partition coefficient (Wildman–Crippen LogP) is 2.50. The van der Waals surface area contributed by atoms with E-state index in [-0.39, 0.29) is 5.91 Å². The lowest BCUT2D eigenvalue weighted by Gasteiger charge is -2.18. The Morgan fingerprint density at radius 1 is 1.44 bits per heavy atom. The Kier molecular flexibility index (Phi) is 4.40. The van der Waals surface area contributed by atoms with Crippen molar-refractivity contribution in [2.24, 2.45) is 5.92 Å². The van der Waals surface area contributed by atoms with Gasteiger partial charge in [-0.1, -0.05) is 28.1 Å². The third kappa shape index (κ3) is 3.12. The highest BCUT2D eigenvalue weighted by atomic mass is 79.9. The summed E-state index contributed by atoms with van der Waals surface area (Å²) in [7, 11) is 4.10. The van der Waals surface area contributed by atoms with Crippen LogP contribution in [0.25, 0.3) is 0 Å². The van der Waals surface area contributed by atoms with Gasteiger partial charge in [-0.05, 0) is 37.7 Å². The van der Waals surface area contributed by atoms with Crippen LogP contribution in [0.3, 0.4) is 0 Å². The Labute approximate surface area is 117 Å². The van der Waals surface area contributed by atoms with Gasteiger partial charge in [-0.3, -0.25) is 4.79 Å². The first-order valence-electron chi connectivity index (χ1n) is 6.20. The van der Waals surface area contributed by atoms with Gasteiger partial charge in [0.25, 0.3) is 0 Å². The van der Waals surface area contributed by atoms with E-state index in [0.29, 0.717) is 12.3 Å². The maximum Gasteiger partial charge on any atom is 0.227 e. The molecule has 2 rings (SSSR count). The second kappa shape index (κ2) is 5.85. The molecule has 0 radical (unpaired) electrons. The average molecular weight is 311 g/mol. The third-order valence-electron chi connectivity index (χ3n) is 3.14. The van der Waals surface area contributed by atoms with Gasteiger partial charge in [0.1, 0.15) is 0 Å². The summed E-state index contributed by atoms with van der Waals surface area (Å²) in [6, 6.07) is 8.27. The van der Waals surface area contributed by atoms with E-state index in [4.69, 9.17) is 0 Å². The minimum Gasteiger partial charge on any atom is -0.312 e. The summed E-state index contributed by atoms with van der Waals surface area (Å²) < 4.78 is 0. The summed E-state index contributed by atoms with van der Waals surface area (Å²) in [4.78, 5) is 16.0. The molecule has 4 heteroatoms. The fourth-order valence-corrected chi connectivity index (χ4v) is 2.76. The van der Waals surface area contributed by atoms with Gasteiger partial charge < -0.3 is 9.80 Å². The summed E-state index contributed by atoms with van der Waals surface area (Å²) in [6.07, 6.45) is 0.656. The summed E-state index contributed by atoms with van der Waals surface area (Å²) >= 11 is 3.47. The van der Waals surface area contributed by atoms with Crippen molar-refractivity contribution in [3.05, 3.63) is 29.8 Å². The molecule has 1 amide bonds. The molecule has 0 aliphatic carbocycles. The number of rotatable bonds is 4. The van der Waals surface area contributed by atoms with Crippen LogP contribution in [0.2, 0.25) is 0 Å². The fourth-order valence-electron chi connectivity index (χ4n) is 2.32. The molecule has 0 N–H and O–H groups in total. The molecule has 0 saturated carbocycles. The standard InChI is InChI=1S/C14H19BrN2O/c1-16(2)9-11-4-3-5-13(6-11)17-10-12(8-15)7-14(17)18/h3-6,12H,7-10H2,1-2H3. The topological polar surface area (TPSA) is 23.6 Å². The lowest BCUT2D eigenvalue weighted by Crippen LogP contribution is -2.24. The molecule has 0 bridgehead atoms. The van der Waals surface area contributed by atoms with Crippen LogP contribution in [0.5, 0.6) is 0 Å². The number of benzene rings is 1. The first kappa shape index (κ1) is 13.6. The van der Waals surface area contributed by atoms with E-state index < -0.39 is 0 Å². The molecular formula is C14H19BrN2O. The van der Waals surface area contributed by atoms with Gasteiger partial charge in [-0.25, -0.2) is 0 Å². The van der Waals surface area contributed by atoms with E-state index in [1.807, 2.05) is 17.0 Å². The van der Waals surface area contributed by atoms with E-state index in [0.717, 1.165) is 24.1 Å². The number of halogens is 1. The van der Waals surface area contributed by atoms with Crippen LogP contribution in [-0.2, 0) is 11.3 Å². The minimum absolute atomic E-state index is 0.237. The van der Waals surface area contributed by atoms with Crippen LogP contribution in [0, 0.1) is 5.92 Å². The van der Waals surface area contributed by atoms with Crippen LogP contribution in [0.1, 0.15) is 12.0 Å². The molecule has 1 aliphatic heterocycles. The van der Waals surface area contributed by atoms with Crippen LogP contribution in [0.15, 0.2) is 24.3 Å². The number of carbonyl (C=O) groups is 1. The molecule has 3 nitrogen and oxygen atoms in total. The van der Waals surface area contributed by atoms with Gasteiger partial charge in [0.05, 0.1) is 0 Å². The number of carbonyl (C=O) groups excluding carboxylic acids is 1. The highest BCUT2D eigenvalue weighted by Gasteiger charge is 2.29. The molecule has 1 unspecified atom stereocenters. The van der Waals surface area contributed by atoms with Gasteiger partial charge in [0.2, 0.25) is 5.91 Å². The maximum atomic E-state index is 12.0. The Hall–Kier alpha value is -0.870. The highest BCUT2D eigenvalue weighted by Crippen LogP contribution is 2.26. The molecule has 1 fully saturated rings. The Morgan fingerprint density at radius 3 is 2.83 bits per heavy atom. The van der Waals surface area contributed by atoms with Crippen molar-refractivity contribution in [2.45, 2.75) is 13.0 Å². The Balaban J connectivity index is 2.16. The first-order chi connectivity index (χ1) is 8.60. The van der Waals surface area contributed by atoms with Gasteiger partial charge in [-0.15, -0.1) is 0 Å². The Bertz CT molecular complexity index is 434. The molecule has 1 aromatic carbocycles. The largest absolute Gasteiger partial charge is 0.312 e. The maximum absolute atomic E-state index is 12.0. The molecule has 18 heavy (non-hydrogen) atoms. The van der Waals surface area contributed by atoms with Gasteiger partial charge in [0, 0.05) is 30.5 Å². The van der Waals surface area contributed by atoms with Crippen molar-refractivity contribution in [3.63, 3.8) is 0 Å². The van der Waals surface area contributed by atoms with Crippen LogP contribution >= 0.6 is 15.9 Å². The smallest absolute Gasteiger partial charge is 0.227 e. The van der Waals surface area contributed by atoms with Crippen LogP contribution in [0.4, 0.5) is 5.69 Å². The third-order valence-corrected chi connectivity index (χ3v) is 4.06. The lowest BCUT2D eigenvalue weighted by molar-refractivity contribution is -0.117. The van der Waals surface area contributed by atoms with E-state index >= 15 is 0 Å². The first-order valence-corrected chi connectivity index (χ1v) is 7.32. The van der Waals surface area contributed by atoms with Crippen molar-refractivity contribution in [1.82, 2.24) is 4.90 Å². The quantitative estimate of drug-likeness (QED) is 0.798. The van der Waals surface area contributed by atoms with E-state index in [9.17, 15) is 4.79 Å². The predicted molar refractivity (Wildman–Crippen MR) is 78.1 cm³/mol. The van der Waals surface area contributed by atoms with E-state index in [1.165, 1.54) is 5.56 Å². The fraction of sp³-hybridized carbons (Fsp3) is 0.500. The van der Waals surface area contributed by atoms with E-state index in [2.05, 4.69) is 47.1 Å². The molecule has 1 atom stereocenters. The number of alkyl halides is 1. The number of anilines is 1. The number of hydrogen-bond acceptors (Lipinski definition) is 2. The lowest BCUT2D eigenvalue weighted by atomic mass is 10.1. The van der Waals surface area contributed by atoms with Gasteiger partial charge in [0.15, 0.2) is 0 Å². The van der Waals surface area contributed by atoms with Crippen molar-refractivity contribution in [2.75, 3.05) is 30.9 Å².